The van der Waals surface area contributed by atoms with E-state index in [1.807, 2.05) is 27.7 Å². The fourth-order valence-corrected chi connectivity index (χ4v) is 1.88. The average molecular weight is 339 g/mol. The molecule has 0 aromatic heterocycles. The van der Waals surface area contributed by atoms with Crippen LogP contribution in [-0.2, 0) is 4.74 Å². The summed E-state index contributed by atoms with van der Waals surface area (Å²) in [5, 5.41) is 13.3. The molecule has 0 spiro atoms. The molecule has 0 aliphatic carbocycles. The van der Waals surface area contributed by atoms with Crippen molar-refractivity contribution < 1.29 is 19.2 Å². The van der Waals surface area contributed by atoms with E-state index in [1.54, 1.807) is 0 Å². The summed E-state index contributed by atoms with van der Waals surface area (Å²) in [6.45, 7) is 8.29. The van der Waals surface area contributed by atoms with E-state index >= 15 is 0 Å². The summed E-state index contributed by atoms with van der Waals surface area (Å²) in [6, 6.07) is 5.27. The van der Waals surface area contributed by atoms with Crippen LogP contribution in [0.25, 0.3) is 0 Å². The van der Waals surface area contributed by atoms with Gasteiger partial charge in [-0.25, -0.2) is 4.79 Å². The largest absolute Gasteiger partial charge is 0.413 e. The first-order chi connectivity index (χ1) is 11.0. The van der Waals surface area contributed by atoms with E-state index in [-0.39, 0.29) is 23.6 Å². The lowest BCUT2D eigenvalue weighted by Crippen LogP contribution is -2.49. The monoisotopic (exact) mass is 339 g/mol. The maximum atomic E-state index is 12.0. The highest BCUT2D eigenvalue weighted by atomic mass is 16.6. The third-order valence-corrected chi connectivity index (χ3v) is 3.27. The van der Waals surface area contributed by atoms with Crippen molar-refractivity contribution in [3.05, 3.63) is 34.4 Å². The Morgan fingerprint density at radius 2 is 1.83 bits per heavy atom. The van der Waals surface area contributed by atoms with Gasteiger partial charge in [-0.1, -0.05) is 0 Å². The standard InChI is InChI=1S/C16H25N3O5/c1-15(2,11-23-16(3,4)9-10-17)18-14(20)24-13-7-5-12(6-8-13)19(21)22/h5-8H,9-11,17H2,1-4H3,(H,18,20). The van der Waals surface area contributed by atoms with Gasteiger partial charge in [0.15, 0.2) is 0 Å². The molecule has 0 saturated carbocycles. The molecule has 0 radical (unpaired) electrons. The van der Waals surface area contributed by atoms with Gasteiger partial charge in [-0.3, -0.25) is 10.1 Å². The summed E-state index contributed by atoms with van der Waals surface area (Å²) in [5.41, 5.74) is 4.44. The minimum absolute atomic E-state index is 0.0707. The number of non-ortho nitro benzene ring substituents is 1. The molecule has 1 aromatic carbocycles. The SMILES string of the molecule is CC(C)(COC(C)(C)CCN)NC(=O)Oc1ccc([N+](=O)[O-])cc1. The van der Waals surface area contributed by atoms with E-state index in [1.165, 1.54) is 24.3 Å². The highest BCUT2D eigenvalue weighted by Crippen LogP contribution is 2.19. The van der Waals surface area contributed by atoms with Crippen LogP contribution < -0.4 is 15.8 Å². The van der Waals surface area contributed by atoms with Crippen LogP contribution in [0.2, 0.25) is 0 Å². The number of nitro benzene ring substituents is 1. The Morgan fingerprint density at radius 1 is 1.25 bits per heavy atom. The average Bonchev–Trinajstić information content (AvgIpc) is 2.45. The van der Waals surface area contributed by atoms with Crippen LogP contribution in [0.15, 0.2) is 24.3 Å². The van der Waals surface area contributed by atoms with Crippen LogP contribution in [-0.4, -0.2) is 35.3 Å². The first-order valence-electron chi connectivity index (χ1n) is 7.63. The molecule has 0 aliphatic heterocycles. The number of nitrogens with two attached hydrogens (primary N) is 1. The van der Waals surface area contributed by atoms with Crippen molar-refractivity contribution >= 4 is 11.8 Å². The molecule has 24 heavy (non-hydrogen) atoms. The van der Waals surface area contributed by atoms with Crippen molar-refractivity contribution in [3.8, 4) is 5.75 Å². The van der Waals surface area contributed by atoms with Gasteiger partial charge in [0.1, 0.15) is 5.75 Å². The third-order valence-electron chi connectivity index (χ3n) is 3.27. The van der Waals surface area contributed by atoms with Crippen LogP contribution in [0.3, 0.4) is 0 Å². The summed E-state index contributed by atoms with van der Waals surface area (Å²) in [4.78, 5) is 22.0. The molecule has 0 heterocycles. The maximum Gasteiger partial charge on any atom is 0.413 e. The van der Waals surface area contributed by atoms with Crippen molar-refractivity contribution in [3.63, 3.8) is 0 Å². The zero-order valence-corrected chi connectivity index (χ0v) is 14.5. The number of ether oxygens (including phenoxy) is 2. The van der Waals surface area contributed by atoms with Gasteiger partial charge in [-0.2, -0.15) is 0 Å². The molecule has 0 fully saturated rings. The Balaban J connectivity index is 2.54. The number of nitro groups is 1. The summed E-state index contributed by atoms with van der Waals surface area (Å²) in [5.74, 6) is 0.221. The number of nitrogens with zero attached hydrogens (tertiary/aromatic N) is 1. The quantitative estimate of drug-likeness (QED) is 0.555. The second-order valence-electron chi connectivity index (χ2n) is 6.74. The molecule has 1 aromatic rings. The smallest absolute Gasteiger partial charge is 0.410 e. The lowest BCUT2D eigenvalue weighted by Gasteiger charge is -2.32. The second kappa shape index (κ2) is 8.07. The van der Waals surface area contributed by atoms with E-state index < -0.39 is 16.6 Å². The molecule has 0 atom stereocenters. The van der Waals surface area contributed by atoms with E-state index in [2.05, 4.69) is 5.32 Å². The Kier molecular flexibility index (Phi) is 6.68. The first kappa shape index (κ1) is 19.9. The molecule has 0 unspecified atom stereocenters. The van der Waals surface area contributed by atoms with Crippen LogP contribution in [0.5, 0.6) is 5.75 Å². The normalized spacial score (nSPS) is 11.9. The number of rotatable bonds is 8. The van der Waals surface area contributed by atoms with Gasteiger partial charge in [0, 0.05) is 12.1 Å². The van der Waals surface area contributed by atoms with Gasteiger partial charge in [0.25, 0.3) is 5.69 Å². The van der Waals surface area contributed by atoms with Crippen LogP contribution in [0.1, 0.15) is 34.1 Å². The minimum atomic E-state index is -0.658. The number of carbonyl (C=O) groups excluding carboxylic acids is 1. The molecule has 8 nitrogen and oxygen atoms in total. The molecular formula is C16H25N3O5. The molecular weight excluding hydrogens is 314 g/mol. The Bertz CT molecular complexity index is 570. The van der Waals surface area contributed by atoms with Gasteiger partial charge in [-0.15, -0.1) is 0 Å². The number of hydrogen-bond acceptors (Lipinski definition) is 6. The molecule has 1 amide bonds. The molecule has 134 valence electrons. The molecule has 3 N–H and O–H groups in total. The Labute approximate surface area is 141 Å². The summed E-state index contributed by atoms with van der Waals surface area (Å²) >= 11 is 0. The molecule has 1 rings (SSSR count). The van der Waals surface area contributed by atoms with E-state index in [9.17, 15) is 14.9 Å². The molecule has 8 heteroatoms. The lowest BCUT2D eigenvalue weighted by molar-refractivity contribution is -0.384. The van der Waals surface area contributed by atoms with Crippen molar-refractivity contribution in [2.24, 2.45) is 5.73 Å². The predicted octanol–water partition coefficient (Wildman–Crippen LogP) is 2.61. The number of benzene rings is 1. The number of amides is 1. The highest BCUT2D eigenvalue weighted by molar-refractivity contribution is 5.71. The van der Waals surface area contributed by atoms with E-state index in [0.717, 1.165) is 0 Å². The highest BCUT2D eigenvalue weighted by Gasteiger charge is 2.26. The third kappa shape index (κ3) is 6.93. The van der Waals surface area contributed by atoms with Crippen molar-refractivity contribution in [1.29, 1.82) is 0 Å². The van der Waals surface area contributed by atoms with Crippen molar-refractivity contribution in [2.45, 2.75) is 45.3 Å². The number of nitrogens with one attached hydrogen (secondary N) is 1. The van der Waals surface area contributed by atoms with Crippen LogP contribution >= 0.6 is 0 Å². The summed E-state index contributed by atoms with van der Waals surface area (Å²) in [7, 11) is 0. The lowest BCUT2D eigenvalue weighted by atomic mass is 10.0. The Morgan fingerprint density at radius 3 is 2.33 bits per heavy atom. The Hall–Kier alpha value is -2.19. The second-order valence-corrected chi connectivity index (χ2v) is 6.74. The zero-order chi connectivity index (χ0) is 18.4. The first-order valence-corrected chi connectivity index (χ1v) is 7.63. The van der Waals surface area contributed by atoms with Gasteiger partial charge in [0.05, 0.1) is 22.7 Å². The molecule has 0 saturated heterocycles. The fraction of sp³-hybridized carbons (Fsp3) is 0.562. The van der Waals surface area contributed by atoms with Gasteiger partial charge in [0.2, 0.25) is 0 Å². The molecule has 0 bridgehead atoms. The van der Waals surface area contributed by atoms with E-state index in [4.69, 9.17) is 15.2 Å². The number of hydrogen-bond donors (Lipinski definition) is 2. The topological polar surface area (TPSA) is 117 Å². The maximum absolute atomic E-state index is 12.0. The summed E-state index contributed by atoms with van der Waals surface area (Å²) < 4.78 is 10.9. The van der Waals surface area contributed by atoms with Crippen molar-refractivity contribution in [1.82, 2.24) is 5.32 Å². The van der Waals surface area contributed by atoms with Crippen molar-refractivity contribution in [2.75, 3.05) is 13.2 Å². The van der Waals surface area contributed by atoms with Gasteiger partial charge >= 0.3 is 6.09 Å². The summed E-state index contributed by atoms with van der Waals surface area (Å²) in [6.07, 6.45) is 0.0464. The van der Waals surface area contributed by atoms with Crippen LogP contribution in [0.4, 0.5) is 10.5 Å². The number of carbonyl (C=O) groups is 1. The molecule has 0 aliphatic rings. The van der Waals surface area contributed by atoms with Gasteiger partial charge in [-0.05, 0) is 52.8 Å². The minimum Gasteiger partial charge on any atom is -0.410 e. The zero-order valence-electron chi connectivity index (χ0n) is 14.5. The predicted molar refractivity (Wildman–Crippen MR) is 90.0 cm³/mol. The fourth-order valence-electron chi connectivity index (χ4n) is 1.88. The van der Waals surface area contributed by atoms with E-state index in [0.29, 0.717) is 13.0 Å². The van der Waals surface area contributed by atoms with Gasteiger partial charge < -0.3 is 20.5 Å². The van der Waals surface area contributed by atoms with Crippen LogP contribution in [0, 0.1) is 10.1 Å².